The normalized spacial score (nSPS) is 15.3. The Morgan fingerprint density at radius 3 is 2.60 bits per heavy atom. The lowest BCUT2D eigenvalue weighted by atomic mass is 10.0. The van der Waals surface area contributed by atoms with Crippen molar-refractivity contribution in [1.82, 2.24) is 19.4 Å². The molecule has 2 aliphatic rings. The van der Waals surface area contributed by atoms with Crippen LogP contribution in [0.4, 0.5) is 0 Å². The number of hydrogen-bond donors (Lipinski definition) is 1. The van der Waals surface area contributed by atoms with Crippen LogP contribution in [0.5, 0.6) is 11.5 Å². The fourth-order valence-electron chi connectivity index (χ4n) is 4.45. The van der Waals surface area contributed by atoms with Gasteiger partial charge < -0.3 is 14.8 Å². The lowest BCUT2D eigenvalue weighted by Crippen LogP contribution is -2.37. The van der Waals surface area contributed by atoms with Crippen molar-refractivity contribution in [2.45, 2.75) is 44.2 Å². The highest BCUT2D eigenvalue weighted by Gasteiger charge is 2.33. The van der Waals surface area contributed by atoms with Crippen LogP contribution in [0.3, 0.4) is 0 Å². The van der Waals surface area contributed by atoms with E-state index in [1.54, 1.807) is 23.9 Å². The highest BCUT2D eigenvalue weighted by atomic mass is 32.2. The number of rotatable bonds is 6. The van der Waals surface area contributed by atoms with Crippen molar-refractivity contribution in [1.29, 1.82) is 0 Å². The first-order valence-corrected chi connectivity index (χ1v) is 13.0. The van der Waals surface area contributed by atoms with E-state index in [9.17, 15) is 13.2 Å². The molecule has 0 saturated carbocycles. The van der Waals surface area contributed by atoms with Crippen molar-refractivity contribution in [3.05, 3.63) is 70.5 Å². The second-order valence-corrected chi connectivity index (χ2v) is 11.0. The number of nitrogens with one attached hydrogen (secondary N) is 1. The number of nitrogens with zero attached hydrogens (tertiary/aromatic N) is 3. The van der Waals surface area contributed by atoms with Crippen LogP contribution in [0.1, 0.15) is 52.6 Å². The Bertz CT molecular complexity index is 1380. The number of benzene rings is 2. The van der Waals surface area contributed by atoms with Gasteiger partial charge in [-0.2, -0.15) is 9.40 Å². The minimum absolute atomic E-state index is 0.101. The van der Waals surface area contributed by atoms with Crippen molar-refractivity contribution in [3.63, 3.8) is 0 Å². The molecule has 1 N–H and O–H groups in total. The average molecular weight is 497 g/mol. The van der Waals surface area contributed by atoms with Gasteiger partial charge >= 0.3 is 0 Å². The quantitative estimate of drug-likeness (QED) is 0.563. The predicted octanol–water partition coefficient (Wildman–Crippen LogP) is 2.95. The second-order valence-electron chi connectivity index (χ2n) is 9.08. The molecule has 0 radical (unpaired) electrons. The average Bonchev–Trinajstić information content (AvgIpc) is 3.46. The van der Waals surface area contributed by atoms with Gasteiger partial charge in [-0.3, -0.25) is 9.48 Å². The van der Waals surface area contributed by atoms with Gasteiger partial charge in [0.2, 0.25) is 16.8 Å². The maximum atomic E-state index is 13.3. The zero-order chi connectivity index (χ0) is 24.7. The molecule has 5 rings (SSSR count). The Morgan fingerprint density at radius 2 is 1.86 bits per heavy atom. The molecule has 184 valence electrons. The van der Waals surface area contributed by atoms with E-state index in [0.717, 1.165) is 16.8 Å². The summed E-state index contributed by atoms with van der Waals surface area (Å²) in [5, 5.41) is 7.31. The third-order valence-corrected chi connectivity index (χ3v) is 8.36. The molecule has 0 unspecified atom stereocenters. The summed E-state index contributed by atoms with van der Waals surface area (Å²) in [7, 11) is -1.92. The molecule has 0 fully saturated rings. The zero-order valence-corrected chi connectivity index (χ0v) is 20.8. The van der Waals surface area contributed by atoms with Gasteiger partial charge in [-0.05, 0) is 41.3 Å². The lowest BCUT2D eigenvalue weighted by Gasteiger charge is -2.27. The number of hydrogen-bond acceptors (Lipinski definition) is 6. The highest BCUT2D eigenvalue weighted by Crippen LogP contribution is 2.32. The number of carbonyl (C=O) groups is 1. The summed E-state index contributed by atoms with van der Waals surface area (Å²) in [5.74, 6) is 1.30. The number of aromatic nitrogens is 2. The lowest BCUT2D eigenvalue weighted by molar-refractivity contribution is 0.0943. The summed E-state index contributed by atoms with van der Waals surface area (Å²) in [6.45, 7) is 5.04. The Balaban J connectivity index is 1.34. The van der Waals surface area contributed by atoms with Gasteiger partial charge in [0.15, 0.2) is 17.2 Å². The molecule has 0 saturated heterocycles. The second kappa shape index (κ2) is 9.01. The van der Waals surface area contributed by atoms with Crippen LogP contribution in [-0.2, 0) is 36.6 Å². The van der Waals surface area contributed by atoms with E-state index in [0.29, 0.717) is 35.9 Å². The van der Waals surface area contributed by atoms with Crippen LogP contribution in [0.25, 0.3) is 0 Å². The van der Waals surface area contributed by atoms with Crippen molar-refractivity contribution in [3.8, 4) is 11.5 Å². The van der Waals surface area contributed by atoms with Crippen LogP contribution >= 0.6 is 0 Å². The molecule has 35 heavy (non-hydrogen) atoms. The van der Waals surface area contributed by atoms with E-state index in [1.807, 2.05) is 30.3 Å². The summed E-state index contributed by atoms with van der Waals surface area (Å²) in [4.78, 5) is 13.3. The predicted molar refractivity (Wildman–Crippen MR) is 129 cm³/mol. The van der Waals surface area contributed by atoms with Gasteiger partial charge in [0.05, 0.1) is 4.90 Å². The molecule has 1 amide bonds. The van der Waals surface area contributed by atoms with E-state index >= 15 is 0 Å². The molecule has 10 heteroatoms. The number of fused-ring (bicyclic) bond motifs is 2. The number of carbonyl (C=O) groups excluding carboxylic acids is 1. The summed E-state index contributed by atoms with van der Waals surface area (Å²) < 4.78 is 40.5. The molecule has 2 aromatic carbocycles. The molecule has 0 spiro atoms. The largest absolute Gasteiger partial charge is 0.454 e. The minimum atomic E-state index is -3.70. The molecule has 3 heterocycles. The van der Waals surface area contributed by atoms with E-state index in [1.165, 1.54) is 4.31 Å². The van der Waals surface area contributed by atoms with Crippen LogP contribution in [-0.4, -0.2) is 41.7 Å². The monoisotopic (exact) mass is 496 g/mol. The molecule has 1 aromatic heterocycles. The number of amides is 1. The van der Waals surface area contributed by atoms with E-state index in [-0.39, 0.29) is 36.4 Å². The molecule has 0 aliphatic carbocycles. The maximum absolute atomic E-state index is 13.3. The first-order chi connectivity index (χ1) is 16.7. The van der Waals surface area contributed by atoms with Crippen LogP contribution in [0.2, 0.25) is 0 Å². The molecule has 9 nitrogen and oxygen atoms in total. The molecular formula is C25H28N4O5S. The number of sulfonamides is 1. The molecule has 2 aliphatic heterocycles. The van der Waals surface area contributed by atoms with Gasteiger partial charge in [-0.1, -0.05) is 32.0 Å². The van der Waals surface area contributed by atoms with Crippen molar-refractivity contribution >= 4 is 15.9 Å². The Hall–Kier alpha value is -3.37. The van der Waals surface area contributed by atoms with Crippen molar-refractivity contribution in [2.24, 2.45) is 7.05 Å². The van der Waals surface area contributed by atoms with Crippen LogP contribution in [0, 0.1) is 0 Å². The molecular weight excluding hydrogens is 468 g/mol. The molecule has 0 atom stereocenters. The fourth-order valence-corrected chi connectivity index (χ4v) is 5.85. The third-order valence-electron chi connectivity index (χ3n) is 6.50. The number of aryl methyl sites for hydroxylation is 1. The topological polar surface area (TPSA) is 103 Å². The summed E-state index contributed by atoms with van der Waals surface area (Å²) in [5.41, 5.74) is 3.71. The Morgan fingerprint density at radius 1 is 1.11 bits per heavy atom. The van der Waals surface area contributed by atoms with Gasteiger partial charge in [0.1, 0.15) is 0 Å². The standard InChI is InChI=1S/C25H28N4O5S/c1-16(2)18-5-7-19(8-6-18)35(31,32)29-11-10-21-20(14-29)24(27-28(21)3)25(30)26-13-17-4-9-22-23(12-17)34-15-33-22/h4-9,12,16H,10-11,13-15H2,1-3H3,(H,26,30). The Kier molecular flexibility index (Phi) is 6.02. The van der Waals surface area contributed by atoms with Gasteiger partial charge in [0, 0.05) is 44.4 Å². The van der Waals surface area contributed by atoms with Gasteiger partial charge in [0.25, 0.3) is 5.91 Å². The smallest absolute Gasteiger partial charge is 0.272 e. The first kappa shape index (κ1) is 23.4. The molecule has 3 aromatic rings. The first-order valence-electron chi connectivity index (χ1n) is 11.6. The summed E-state index contributed by atoms with van der Waals surface area (Å²) >= 11 is 0. The highest BCUT2D eigenvalue weighted by molar-refractivity contribution is 7.89. The van der Waals surface area contributed by atoms with Gasteiger partial charge in [-0.15, -0.1) is 0 Å². The van der Waals surface area contributed by atoms with E-state index < -0.39 is 10.0 Å². The molecule has 0 bridgehead atoms. The third kappa shape index (κ3) is 4.39. The summed E-state index contributed by atoms with van der Waals surface area (Å²) in [6.07, 6.45) is 0.484. The fraction of sp³-hybridized carbons (Fsp3) is 0.360. The van der Waals surface area contributed by atoms with Crippen molar-refractivity contribution in [2.75, 3.05) is 13.3 Å². The van der Waals surface area contributed by atoms with Crippen LogP contribution in [0.15, 0.2) is 47.4 Å². The number of ether oxygens (including phenoxy) is 2. The maximum Gasteiger partial charge on any atom is 0.272 e. The van der Waals surface area contributed by atoms with Gasteiger partial charge in [-0.25, -0.2) is 8.42 Å². The van der Waals surface area contributed by atoms with E-state index in [2.05, 4.69) is 24.3 Å². The van der Waals surface area contributed by atoms with Crippen molar-refractivity contribution < 1.29 is 22.7 Å². The summed E-state index contributed by atoms with van der Waals surface area (Å²) in [6, 6.07) is 12.5. The van der Waals surface area contributed by atoms with Crippen LogP contribution < -0.4 is 14.8 Å². The Labute approximate surface area is 204 Å². The SMILES string of the molecule is CC(C)c1ccc(S(=O)(=O)N2CCc3c(c(C(=O)NCc4ccc5c(c4)OCO5)nn3C)C2)cc1. The minimum Gasteiger partial charge on any atom is -0.454 e. The van der Waals surface area contributed by atoms with E-state index in [4.69, 9.17) is 9.47 Å². The zero-order valence-electron chi connectivity index (χ0n) is 19.9.